The van der Waals surface area contributed by atoms with E-state index in [1.807, 2.05) is 6.92 Å². The van der Waals surface area contributed by atoms with Gasteiger partial charge >= 0.3 is 6.18 Å². The Labute approximate surface area is 164 Å². The van der Waals surface area contributed by atoms with Gasteiger partial charge in [0, 0.05) is 25.2 Å². The molecule has 0 saturated carbocycles. The van der Waals surface area contributed by atoms with Crippen LogP contribution in [0.5, 0.6) is 0 Å². The maximum atomic E-state index is 13.6. The van der Waals surface area contributed by atoms with Crippen LogP contribution in [0.2, 0.25) is 0 Å². The summed E-state index contributed by atoms with van der Waals surface area (Å²) in [6.45, 7) is 4.31. The van der Waals surface area contributed by atoms with Gasteiger partial charge in [-0.25, -0.2) is 4.98 Å². The van der Waals surface area contributed by atoms with Crippen molar-refractivity contribution >= 4 is 17.0 Å². The number of alkyl halides is 3. The number of pyridine rings is 1. The van der Waals surface area contributed by atoms with Crippen molar-refractivity contribution in [2.75, 3.05) is 13.1 Å². The lowest BCUT2D eigenvalue weighted by Crippen LogP contribution is -2.41. The summed E-state index contributed by atoms with van der Waals surface area (Å²) in [6, 6.07) is 1.07. The fraction of sp³-hybridized carbons (Fsp3) is 0.474. The Morgan fingerprint density at radius 1 is 1.34 bits per heavy atom. The predicted octanol–water partition coefficient (Wildman–Crippen LogP) is 3.46. The zero-order valence-electron chi connectivity index (χ0n) is 16.0. The van der Waals surface area contributed by atoms with Gasteiger partial charge in [-0.3, -0.25) is 9.48 Å². The van der Waals surface area contributed by atoms with Gasteiger partial charge in [-0.15, -0.1) is 0 Å². The van der Waals surface area contributed by atoms with Crippen LogP contribution in [0.25, 0.3) is 11.1 Å². The van der Waals surface area contributed by atoms with Gasteiger partial charge in [0.2, 0.25) is 5.91 Å². The average molecular weight is 407 g/mol. The van der Waals surface area contributed by atoms with Gasteiger partial charge in [-0.05, 0) is 38.3 Å². The van der Waals surface area contributed by atoms with Gasteiger partial charge in [-0.2, -0.15) is 18.3 Å². The van der Waals surface area contributed by atoms with Crippen LogP contribution in [0.4, 0.5) is 13.2 Å². The SMILES string of the molecule is Cc1cnn(CC(=O)N2CCC[C@@H](c3cc(C(F)(F)F)c4c(C)noc4n3)C2)c1. The fourth-order valence-electron chi connectivity index (χ4n) is 3.78. The van der Waals surface area contributed by atoms with E-state index in [1.54, 1.807) is 22.0 Å². The minimum absolute atomic E-state index is 0.0993. The molecule has 1 amide bonds. The topological polar surface area (TPSA) is 77.0 Å². The van der Waals surface area contributed by atoms with Gasteiger partial charge in [0.05, 0.1) is 28.5 Å². The van der Waals surface area contributed by atoms with Crippen LogP contribution in [0, 0.1) is 13.8 Å². The highest BCUT2D eigenvalue weighted by Crippen LogP contribution is 2.38. The van der Waals surface area contributed by atoms with E-state index in [-0.39, 0.29) is 40.9 Å². The first-order valence-corrected chi connectivity index (χ1v) is 9.33. The molecule has 0 aliphatic carbocycles. The number of piperidine rings is 1. The molecule has 0 bridgehead atoms. The number of aromatic nitrogens is 4. The van der Waals surface area contributed by atoms with Gasteiger partial charge in [0.25, 0.3) is 5.71 Å². The second-order valence-electron chi connectivity index (χ2n) is 7.43. The molecule has 0 spiro atoms. The van der Waals surface area contributed by atoms with Crippen LogP contribution < -0.4 is 0 Å². The van der Waals surface area contributed by atoms with E-state index in [9.17, 15) is 18.0 Å². The third-order valence-corrected chi connectivity index (χ3v) is 5.19. The Morgan fingerprint density at radius 2 is 2.14 bits per heavy atom. The van der Waals surface area contributed by atoms with Crippen LogP contribution in [0.1, 0.15) is 41.3 Å². The molecule has 1 aliphatic rings. The lowest BCUT2D eigenvalue weighted by Gasteiger charge is -2.32. The van der Waals surface area contributed by atoms with Crippen molar-refractivity contribution < 1.29 is 22.5 Å². The van der Waals surface area contributed by atoms with Crippen molar-refractivity contribution in [1.82, 2.24) is 24.8 Å². The number of fused-ring (bicyclic) bond motifs is 1. The van der Waals surface area contributed by atoms with E-state index in [4.69, 9.17) is 4.52 Å². The summed E-state index contributed by atoms with van der Waals surface area (Å²) < 4.78 is 47.4. The molecule has 0 aromatic carbocycles. The Balaban J connectivity index is 1.59. The number of hydrogen-bond donors (Lipinski definition) is 0. The smallest absolute Gasteiger partial charge is 0.340 e. The summed E-state index contributed by atoms with van der Waals surface area (Å²) in [5, 5.41) is 7.64. The summed E-state index contributed by atoms with van der Waals surface area (Å²) in [7, 11) is 0. The normalized spacial score (nSPS) is 17.8. The molecular weight excluding hydrogens is 387 g/mol. The molecule has 0 unspecified atom stereocenters. The van der Waals surface area contributed by atoms with Gasteiger partial charge < -0.3 is 9.42 Å². The minimum atomic E-state index is -4.55. The molecule has 4 rings (SSSR count). The van der Waals surface area contributed by atoms with Crippen molar-refractivity contribution in [2.24, 2.45) is 0 Å². The zero-order chi connectivity index (χ0) is 20.8. The van der Waals surface area contributed by atoms with Crippen LogP contribution in [-0.4, -0.2) is 43.8 Å². The molecule has 1 fully saturated rings. The molecule has 1 aliphatic heterocycles. The van der Waals surface area contributed by atoms with E-state index >= 15 is 0 Å². The van der Waals surface area contributed by atoms with E-state index in [0.717, 1.165) is 11.6 Å². The van der Waals surface area contributed by atoms with Crippen molar-refractivity contribution in [3.63, 3.8) is 0 Å². The third-order valence-electron chi connectivity index (χ3n) is 5.19. The van der Waals surface area contributed by atoms with Crippen molar-refractivity contribution in [3.05, 3.63) is 41.0 Å². The Hall–Kier alpha value is -2.91. The van der Waals surface area contributed by atoms with Crippen LogP contribution in [0.3, 0.4) is 0 Å². The molecule has 154 valence electrons. The number of hydrogen-bond acceptors (Lipinski definition) is 5. The number of rotatable bonds is 3. The summed E-state index contributed by atoms with van der Waals surface area (Å²) >= 11 is 0. The molecule has 7 nitrogen and oxygen atoms in total. The molecule has 0 radical (unpaired) electrons. The Morgan fingerprint density at radius 3 is 2.83 bits per heavy atom. The van der Waals surface area contributed by atoms with Gasteiger partial charge in [0.1, 0.15) is 6.54 Å². The minimum Gasteiger partial charge on any atom is -0.340 e. The van der Waals surface area contributed by atoms with E-state index in [0.29, 0.717) is 25.9 Å². The number of aryl methyl sites for hydroxylation is 2. The van der Waals surface area contributed by atoms with Gasteiger partial charge in [0.15, 0.2) is 0 Å². The zero-order valence-corrected chi connectivity index (χ0v) is 16.0. The van der Waals surface area contributed by atoms with Gasteiger partial charge in [-0.1, -0.05) is 5.16 Å². The maximum absolute atomic E-state index is 13.6. The molecule has 1 saturated heterocycles. The highest BCUT2D eigenvalue weighted by atomic mass is 19.4. The van der Waals surface area contributed by atoms with E-state index in [1.165, 1.54) is 6.92 Å². The highest BCUT2D eigenvalue weighted by molar-refractivity contribution is 5.81. The highest BCUT2D eigenvalue weighted by Gasteiger charge is 2.37. The first kappa shape index (κ1) is 19.4. The molecule has 0 N–H and O–H groups in total. The van der Waals surface area contributed by atoms with E-state index < -0.39 is 11.7 Å². The number of carbonyl (C=O) groups is 1. The number of nitrogens with zero attached hydrogens (tertiary/aromatic N) is 5. The second-order valence-corrected chi connectivity index (χ2v) is 7.43. The molecule has 3 aromatic rings. The third kappa shape index (κ3) is 3.83. The largest absolute Gasteiger partial charge is 0.417 e. The summed E-state index contributed by atoms with van der Waals surface area (Å²) in [5.41, 5.74) is 0.457. The van der Waals surface area contributed by atoms with E-state index in [2.05, 4.69) is 15.2 Å². The lowest BCUT2D eigenvalue weighted by atomic mass is 9.92. The fourth-order valence-corrected chi connectivity index (χ4v) is 3.78. The van der Waals surface area contributed by atoms with Crippen LogP contribution in [-0.2, 0) is 17.5 Å². The molecular formula is C19H20F3N5O2. The van der Waals surface area contributed by atoms with Crippen molar-refractivity contribution in [1.29, 1.82) is 0 Å². The number of carbonyl (C=O) groups excluding carboxylic acids is 1. The van der Waals surface area contributed by atoms with Crippen LogP contribution >= 0.6 is 0 Å². The lowest BCUT2D eigenvalue weighted by molar-refractivity contribution is -0.136. The van der Waals surface area contributed by atoms with Crippen LogP contribution in [0.15, 0.2) is 23.0 Å². The Bertz CT molecular complexity index is 1060. The molecule has 3 aromatic heterocycles. The first-order chi connectivity index (χ1) is 13.7. The quantitative estimate of drug-likeness (QED) is 0.665. The molecule has 29 heavy (non-hydrogen) atoms. The number of halogens is 3. The second kappa shape index (κ2) is 7.16. The first-order valence-electron chi connectivity index (χ1n) is 9.33. The number of amides is 1. The van der Waals surface area contributed by atoms with Crippen molar-refractivity contribution in [3.8, 4) is 0 Å². The predicted molar refractivity (Wildman–Crippen MR) is 97.1 cm³/mol. The standard InChI is InChI=1S/C19H20F3N5O2/c1-11-7-23-27(8-11)10-16(28)26-5-3-4-13(9-26)15-6-14(19(20,21)22)17-12(2)25-29-18(17)24-15/h6-8,13H,3-5,9-10H2,1-2H3/t13-/m1/s1. The maximum Gasteiger partial charge on any atom is 0.417 e. The molecule has 1 atom stereocenters. The summed E-state index contributed by atoms with van der Waals surface area (Å²) in [5.74, 6) is -0.423. The monoisotopic (exact) mass is 407 g/mol. The molecule has 10 heteroatoms. The average Bonchev–Trinajstić information content (AvgIpc) is 3.26. The van der Waals surface area contributed by atoms with Crippen molar-refractivity contribution in [2.45, 2.75) is 45.3 Å². The Kier molecular flexibility index (Phi) is 4.79. The summed E-state index contributed by atoms with van der Waals surface area (Å²) in [6.07, 6.45) is 0.229. The summed E-state index contributed by atoms with van der Waals surface area (Å²) in [4.78, 5) is 18.6. The molecule has 4 heterocycles. The number of likely N-dealkylation sites (tertiary alicyclic amines) is 1.